The van der Waals surface area contributed by atoms with Crippen LogP contribution in [0.15, 0.2) is 59.2 Å². The van der Waals surface area contributed by atoms with Gasteiger partial charge < -0.3 is 5.73 Å². The number of nitrogens with two attached hydrogens (primary N) is 1. The van der Waals surface area contributed by atoms with Gasteiger partial charge in [-0.1, -0.05) is 46.3 Å². The Balaban J connectivity index is 2.15. The van der Waals surface area contributed by atoms with Crippen molar-refractivity contribution in [1.82, 2.24) is 4.98 Å². The second-order valence-corrected chi connectivity index (χ2v) is 5.48. The molecule has 3 aromatic rings. The molecule has 100 valence electrons. The molecule has 0 saturated carbocycles. The molecule has 0 radical (unpaired) electrons. The highest BCUT2D eigenvalue weighted by Gasteiger charge is 2.16. The molecule has 1 atom stereocenters. The molecule has 0 aliphatic heterocycles. The van der Waals surface area contributed by atoms with E-state index in [4.69, 9.17) is 5.73 Å². The molecule has 1 aromatic heterocycles. The summed E-state index contributed by atoms with van der Waals surface area (Å²) in [5.74, 6) is -0.320. The van der Waals surface area contributed by atoms with Gasteiger partial charge in [0.05, 0.1) is 11.6 Å². The van der Waals surface area contributed by atoms with Crippen LogP contribution in [0.4, 0.5) is 4.39 Å². The Morgan fingerprint density at radius 2 is 1.85 bits per heavy atom. The highest BCUT2D eigenvalue weighted by molar-refractivity contribution is 9.10. The zero-order valence-electron chi connectivity index (χ0n) is 10.6. The molecular formula is C16H12BrFN2. The lowest BCUT2D eigenvalue weighted by atomic mass is 9.97. The number of aromatic nitrogens is 1. The number of benzene rings is 2. The van der Waals surface area contributed by atoms with Gasteiger partial charge in [-0.25, -0.2) is 4.39 Å². The number of fused-ring (bicyclic) bond motifs is 1. The molecule has 2 nitrogen and oxygen atoms in total. The van der Waals surface area contributed by atoms with Gasteiger partial charge in [0, 0.05) is 21.6 Å². The molecule has 0 aliphatic rings. The zero-order chi connectivity index (χ0) is 14.1. The van der Waals surface area contributed by atoms with Gasteiger partial charge in [0.1, 0.15) is 5.82 Å². The third-order valence-electron chi connectivity index (χ3n) is 3.30. The van der Waals surface area contributed by atoms with Crippen molar-refractivity contribution in [2.24, 2.45) is 5.73 Å². The second kappa shape index (κ2) is 5.31. The molecule has 1 heterocycles. The number of halogens is 2. The Bertz CT molecular complexity index is 768. The van der Waals surface area contributed by atoms with Crippen LogP contribution in [0.3, 0.4) is 0 Å². The summed E-state index contributed by atoms with van der Waals surface area (Å²) in [5.41, 5.74) is 8.34. The largest absolute Gasteiger partial charge is 0.320 e. The molecule has 0 fully saturated rings. The van der Waals surface area contributed by atoms with Crippen molar-refractivity contribution in [3.63, 3.8) is 0 Å². The van der Waals surface area contributed by atoms with Gasteiger partial charge in [-0.05, 0) is 23.8 Å². The van der Waals surface area contributed by atoms with Crippen LogP contribution in [-0.2, 0) is 0 Å². The molecule has 0 amide bonds. The Labute approximate surface area is 124 Å². The average molecular weight is 331 g/mol. The summed E-state index contributed by atoms with van der Waals surface area (Å²) in [5, 5.41) is 0.998. The molecule has 20 heavy (non-hydrogen) atoms. The molecule has 0 spiro atoms. The average Bonchev–Trinajstić information content (AvgIpc) is 2.46. The monoisotopic (exact) mass is 330 g/mol. The van der Waals surface area contributed by atoms with E-state index in [1.54, 1.807) is 18.3 Å². The van der Waals surface area contributed by atoms with Crippen molar-refractivity contribution in [2.75, 3.05) is 0 Å². The smallest absolute Gasteiger partial charge is 0.129 e. The van der Waals surface area contributed by atoms with Crippen LogP contribution in [0.2, 0.25) is 0 Å². The van der Waals surface area contributed by atoms with Gasteiger partial charge in [-0.2, -0.15) is 0 Å². The molecule has 0 aliphatic carbocycles. The molecule has 0 saturated heterocycles. The number of para-hydroxylation sites is 1. The molecule has 4 heteroatoms. The maximum Gasteiger partial charge on any atom is 0.129 e. The van der Waals surface area contributed by atoms with E-state index in [2.05, 4.69) is 20.9 Å². The summed E-state index contributed by atoms with van der Waals surface area (Å²) in [6, 6.07) is 14.0. The third kappa shape index (κ3) is 2.32. The van der Waals surface area contributed by atoms with Crippen molar-refractivity contribution in [3.8, 4) is 0 Å². The number of nitrogens with zero attached hydrogens (tertiary/aromatic N) is 1. The summed E-state index contributed by atoms with van der Waals surface area (Å²) in [6.45, 7) is 0. The predicted molar refractivity (Wildman–Crippen MR) is 81.9 cm³/mol. The molecule has 3 rings (SSSR count). The Kier molecular flexibility index (Phi) is 3.51. The number of pyridine rings is 1. The minimum absolute atomic E-state index is 0.320. The van der Waals surface area contributed by atoms with Crippen molar-refractivity contribution in [2.45, 2.75) is 6.04 Å². The second-order valence-electron chi connectivity index (χ2n) is 4.57. The number of rotatable bonds is 2. The maximum atomic E-state index is 14.1. The SMILES string of the molecule is NC(c1ccc(Br)cc1F)c1cccc2cccnc12. The minimum Gasteiger partial charge on any atom is -0.320 e. The van der Waals surface area contributed by atoms with Crippen LogP contribution < -0.4 is 5.73 Å². The van der Waals surface area contributed by atoms with Gasteiger partial charge in [-0.3, -0.25) is 4.98 Å². The highest BCUT2D eigenvalue weighted by Crippen LogP contribution is 2.28. The Hall–Kier alpha value is -1.78. The Morgan fingerprint density at radius 3 is 2.65 bits per heavy atom. The lowest BCUT2D eigenvalue weighted by molar-refractivity contribution is 0.599. The Morgan fingerprint density at radius 1 is 1.05 bits per heavy atom. The van der Waals surface area contributed by atoms with Gasteiger partial charge in [0.2, 0.25) is 0 Å². The van der Waals surface area contributed by atoms with Crippen LogP contribution in [0, 0.1) is 5.82 Å². The molecule has 1 unspecified atom stereocenters. The van der Waals surface area contributed by atoms with Gasteiger partial charge >= 0.3 is 0 Å². The summed E-state index contributed by atoms with van der Waals surface area (Å²) in [6.07, 6.45) is 1.72. The van der Waals surface area contributed by atoms with Crippen LogP contribution in [0.5, 0.6) is 0 Å². The number of hydrogen-bond donors (Lipinski definition) is 1. The van der Waals surface area contributed by atoms with E-state index in [1.165, 1.54) is 6.07 Å². The maximum absolute atomic E-state index is 14.1. The topological polar surface area (TPSA) is 38.9 Å². The van der Waals surface area contributed by atoms with E-state index >= 15 is 0 Å². The fourth-order valence-electron chi connectivity index (χ4n) is 2.30. The van der Waals surface area contributed by atoms with E-state index < -0.39 is 6.04 Å². The molecule has 2 aromatic carbocycles. The number of hydrogen-bond acceptors (Lipinski definition) is 2. The summed E-state index contributed by atoms with van der Waals surface area (Å²) < 4.78 is 14.8. The quantitative estimate of drug-likeness (QED) is 0.765. The zero-order valence-corrected chi connectivity index (χ0v) is 12.1. The van der Waals surface area contributed by atoms with Crippen molar-refractivity contribution in [1.29, 1.82) is 0 Å². The summed E-state index contributed by atoms with van der Waals surface area (Å²) in [7, 11) is 0. The van der Waals surface area contributed by atoms with Gasteiger partial charge in [-0.15, -0.1) is 0 Å². The van der Waals surface area contributed by atoms with Crippen LogP contribution in [0.1, 0.15) is 17.2 Å². The molecule has 2 N–H and O–H groups in total. The molecule has 0 bridgehead atoms. The van der Waals surface area contributed by atoms with Crippen molar-refractivity contribution >= 4 is 26.8 Å². The lowest BCUT2D eigenvalue weighted by Crippen LogP contribution is -2.14. The lowest BCUT2D eigenvalue weighted by Gasteiger charge is -2.15. The van der Waals surface area contributed by atoms with E-state index in [1.807, 2.05) is 30.3 Å². The minimum atomic E-state index is -0.540. The van der Waals surface area contributed by atoms with Crippen molar-refractivity contribution < 1.29 is 4.39 Å². The standard InChI is InChI=1S/C16H12BrFN2/c17-11-6-7-12(14(18)9-11)15(19)13-5-1-3-10-4-2-8-20-16(10)13/h1-9,15H,19H2. The summed E-state index contributed by atoms with van der Waals surface area (Å²) in [4.78, 5) is 4.36. The predicted octanol–water partition coefficient (Wildman–Crippen LogP) is 4.18. The van der Waals surface area contributed by atoms with Crippen LogP contribution in [-0.4, -0.2) is 4.98 Å². The van der Waals surface area contributed by atoms with Crippen molar-refractivity contribution in [3.05, 3.63) is 76.1 Å². The fourth-order valence-corrected chi connectivity index (χ4v) is 2.63. The van der Waals surface area contributed by atoms with Gasteiger partial charge in [0.15, 0.2) is 0 Å². The van der Waals surface area contributed by atoms with Crippen LogP contribution >= 0.6 is 15.9 Å². The summed E-state index contributed by atoms with van der Waals surface area (Å²) >= 11 is 3.25. The first-order valence-electron chi connectivity index (χ1n) is 6.21. The van der Waals surface area contributed by atoms with E-state index in [-0.39, 0.29) is 5.82 Å². The van der Waals surface area contributed by atoms with E-state index in [0.717, 1.165) is 16.5 Å². The third-order valence-corrected chi connectivity index (χ3v) is 3.79. The molecular weight excluding hydrogens is 319 g/mol. The van der Waals surface area contributed by atoms with E-state index in [0.29, 0.717) is 10.0 Å². The fraction of sp³-hybridized carbons (Fsp3) is 0.0625. The first-order valence-corrected chi connectivity index (χ1v) is 7.00. The normalized spacial score (nSPS) is 12.6. The first-order chi connectivity index (χ1) is 9.66. The first kappa shape index (κ1) is 13.2. The van der Waals surface area contributed by atoms with E-state index in [9.17, 15) is 4.39 Å². The van der Waals surface area contributed by atoms with Gasteiger partial charge in [0.25, 0.3) is 0 Å². The highest BCUT2D eigenvalue weighted by atomic mass is 79.9. The van der Waals surface area contributed by atoms with Crippen LogP contribution in [0.25, 0.3) is 10.9 Å².